The minimum atomic E-state index is -0.654. The lowest BCUT2D eigenvalue weighted by Crippen LogP contribution is -1.95. The fourth-order valence-corrected chi connectivity index (χ4v) is 2.32. The first-order chi connectivity index (χ1) is 10.1. The molecule has 3 aromatic rings. The summed E-state index contributed by atoms with van der Waals surface area (Å²) in [6, 6.07) is 11.8. The number of H-pyrrole nitrogens is 1. The Hall–Kier alpha value is -2.69. The van der Waals surface area contributed by atoms with E-state index in [2.05, 4.69) is 10.2 Å². The Bertz CT molecular complexity index is 795. The van der Waals surface area contributed by atoms with Crippen LogP contribution in [0.3, 0.4) is 0 Å². The Morgan fingerprint density at radius 2 is 1.71 bits per heavy atom. The fourth-order valence-electron chi connectivity index (χ4n) is 2.32. The van der Waals surface area contributed by atoms with Crippen molar-refractivity contribution in [3.05, 3.63) is 59.7 Å². The van der Waals surface area contributed by atoms with Gasteiger partial charge in [-0.25, -0.2) is 8.78 Å². The monoisotopic (exact) mass is 285 g/mol. The van der Waals surface area contributed by atoms with E-state index >= 15 is 0 Å². The number of aromatic amines is 1. The van der Waals surface area contributed by atoms with E-state index in [9.17, 15) is 8.78 Å². The van der Waals surface area contributed by atoms with Crippen LogP contribution in [-0.4, -0.2) is 10.2 Å². The highest BCUT2D eigenvalue weighted by atomic mass is 19.1. The maximum Gasteiger partial charge on any atom is 0.153 e. The van der Waals surface area contributed by atoms with Crippen molar-refractivity contribution in [2.45, 2.75) is 6.92 Å². The standard InChI is InChI=1S/C16H13F2N3/c1-9-7-8-11(17)13(14(9)18)15-12(16(19)21-20-15)10-5-3-2-4-6-10/h2-8H,1H3,(H3,19,20,21). The molecule has 0 saturated heterocycles. The van der Waals surface area contributed by atoms with Gasteiger partial charge in [-0.2, -0.15) is 5.10 Å². The van der Waals surface area contributed by atoms with Crippen LogP contribution in [0.2, 0.25) is 0 Å². The maximum absolute atomic E-state index is 14.3. The summed E-state index contributed by atoms with van der Waals surface area (Å²) >= 11 is 0. The van der Waals surface area contributed by atoms with Crippen LogP contribution >= 0.6 is 0 Å². The van der Waals surface area contributed by atoms with Crippen molar-refractivity contribution in [2.24, 2.45) is 0 Å². The van der Waals surface area contributed by atoms with Crippen LogP contribution in [-0.2, 0) is 0 Å². The van der Waals surface area contributed by atoms with Crippen LogP contribution in [0.5, 0.6) is 0 Å². The highest BCUT2D eigenvalue weighted by Gasteiger charge is 2.21. The second-order valence-corrected chi connectivity index (χ2v) is 4.78. The number of nitrogens with zero attached hydrogens (tertiary/aromatic N) is 1. The molecule has 3 N–H and O–H groups in total. The molecule has 0 saturated carbocycles. The van der Waals surface area contributed by atoms with E-state index in [-0.39, 0.29) is 17.1 Å². The highest BCUT2D eigenvalue weighted by molar-refractivity contribution is 5.88. The van der Waals surface area contributed by atoms with Gasteiger partial charge in [0, 0.05) is 0 Å². The second-order valence-electron chi connectivity index (χ2n) is 4.78. The van der Waals surface area contributed by atoms with Gasteiger partial charge in [-0.3, -0.25) is 5.10 Å². The molecule has 0 aliphatic heterocycles. The summed E-state index contributed by atoms with van der Waals surface area (Å²) in [7, 11) is 0. The van der Waals surface area contributed by atoms with Crippen molar-refractivity contribution < 1.29 is 8.78 Å². The smallest absolute Gasteiger partial charge is 0.153 e. The number of hydrogen-bond donors (Lipinski definition) is 2. The summed E-state index contributed by atoms with van der Waals surface area (Å²) in [4.78, 5) is 0. The third-order valence-electron chi connectivity index (χ3n) is 3.39. The topological polar surface area (TPSA) is 54.7 Å². The van der Waals surface area contributed by atoms with Crippen molar-refractivity contribution in [1.29, 1.82) is 0 Å². The summed E-state index contributed by atoms with van der Waals surface area (Å²) in [5.41, 5.74) is 7.58. The number of hydrogen-bond acceptors (Lipinski definition) is 2. The molecule has 0 fully saturated rings. The first-order valence-electron chi connectivity index (χ1n) is 6.44. The lowest BCUT2D eigenvalue weighted by atomic mass is 9.99. The predicted molar refractivity (Wildman–Crippen MR) is 78.5 cm³/mol. The van der Waals surface area contributed by atoms with Gasteiger partial charge in [-0.15, -0.1) is 0 Å². The zero-order valence-corrected chi connectivity index (χ0v) is 11.3. The third-order valence-corrected chi connectivity index (χ3v) is 3.39. The van der Waals surface area contributed by atoms with E-state index < -0.39 is 11.6 Å². The molecule has 21 heavy (non-hydrogen) atoms. The van der Waals surface area contributed by atoms with Gasteiger partial charge in [-0.1, -0.05) is 36.4 Å². The number of aromatic nitrogens is 2. The van der Waals surface area contributed by atoms with Crippen LogP contribution in [0.25, 0.3) is 22.4 Å². The molecule has 0 amide bonds. The number of nitrogens with two attached hydrogens (primary N) is 1. The summed E-state index contributed by atoms with van der Waals surface area (Å²) < 4.78 is 28.4. The molecule has 1 aromatic heterocycles. The molecule has 0 spiro atoms. The van der Waals surface area contributed by atoms with Crippen LogP contribution in [0.15, 0.2) is 42.5 Å². The normalized spacial score (nSPS) is 10.8. The summed E-state index contributed by atoms with van der Waals surface area (Å²) in [6.45, 7) is 1.58. The van der Waals surface area contributed by atoms with Crippen molar-refractivity contribution in [2.75, 3.05) is 5.73 Å². The van der Waals surface area contributed by atoms with E-state index in [0.717, 1.165) is 5.56 Å². The minimum absolute atomic E-state index is 0.141. The molecule has 3 rings (SSSR count). The first kappa shape index (κ1) is 13.3. The Morgan fingerprint density at radius 1 is 1.00 bits per heavy atom. The van der Waals surface area contributed by atoms with Gasteiger partial charge in [0.15, 0.2) is 5.82 Å². The molecule has 0 aliphatic carbocycles. The average Bonchev–Trinajstić information content (AvgIpc) is 2.86. The van der Waals surface area contributed by atoms with E-state index in [1.54, 1.807) is 6.92 Å². The summed E-state index contributed by atoms with van der Waals surface area (Å²) in [6.07, 6.45) is 0. The lowest BCUT2D eigenvalue weighted by molar-refractivity contribution is 0.583. The molecule has 0 unspecified atom stereocenters. The number of halogens is 2. The van der Waals surface area contributed by atoms with E-state index in [1.807, 2.05) is 30.3 Å². The fraction of sp³-hybridized carbons (Fsp3) is 0.0625. The minimum Gasteiger partial charge on any atom is -0.382 e. The molecule has 0 radical (unpaired) electrons. The molecule has 5 heteroatoms. The van der Waals surface area contributed by atoms with Gasteiger partial charge in [-0.05, 0) is 24.1 Å². The van der Waals surface area contributed by atoms with Crippen molar-refractivity contribution >= 4 is 5.82 Å². The number of nitrogens with one attached hydrogen (secondary N) is 1. The lowest BCUT2D eigenvalue weighted by Gasteiger charge is -2.08. The summed E-state index contributed by atoms with van der Waals surface area (Å²) in [5.74, 6) is -1.06. The Labute approximate surface area is 120 Å². The van der Waals surface area contributed by atoms with Crippen LogP contribution in [0.4, 0.5) is 14.6 Å². The average molecular weight is 285 g/mol. The molecule has 0 atom stereocenters. The number of aryl methyl sites for hydroxylation is 1. The third kappa shape index (κ3) is 2.16. The zero-order valence-electron chi connectivity index (χ0n) is 11.3. The quantitative estimate of drug-likeness (QED) is 0.750. The molecular formula is C16H13F2N3. The van der Waals surface area contributed by atoms with Crippen LogP contribution < -0.4 is 5.73 Å². The second kappa shape index (κ2) is 5.01. The number of anilines is 1. The van der Waals surface area contributed by atoms with Crippen LogP contribution in [0.1, 0.15) is 5.56 Å². The van der Waals surface area contributed by atoms with Gasteiger partial charge < -0.3 is 5.73 Å². The van der Waals surface area contributed by atoms with Gasteiger partial charge in [0.25, 0.3) is 0 Å². The van der Waals surface area contributed by atoms with Gasteiger partial charge in [0.05, 0.1) is 16.8 Å². The molecular weight excluding hydrogens is 272 g/mol. The number of nitrogen functional groups attached to an aromatic ring is 1. The van der Waals surface area contributed by atoms with Crippen LogP contribution in [0, 0.1) is 18.6 Å². The highest BCUT2D eigenvalue weighted by Crippen LogP contribution is 2.37. The molecule has 3 nitrogen and oxygen atoms in total. The van der Waals surface area contributed by atoms with Crippen molar-refractivity contribution in [1.82, 2.24) is 10.2 Å². The SMILES string of the molecule is Cc1ccc(F)c(-c2[nH]nc(N)c2-c2ccccc2)c1F. The molecule has 0 aliphatic rings. The van der Waals surface area contributed by atoms with Gasteiger partial charge in [0.2, 0.25) is 0 Å². The van der Waals surface area contributed by atoms with E-state index in [4.69, 9.17) is 5.73 Å². The molecule has 2 aromatic carbocycles. The molecule has 106 valence electrons. The molecule has 0 bridgehead atoms. The van der Waals surface area contributed by atoms with E-state index in [0.29, 0.717) is 11.1 Å². The first-order valence-corrected chi connectivity index (χ1v) is 6.44. The van der Waals surface area contributed by atoms with Crippen molar-refractivity contribution in [3.63, 3.8) is 0 Å². The maximum atomic E-state index is 14.3. The Kier molecular flexibility index (Phi) is 3.17. The predicted octanol–water partition coefficient (Wildman–Crippen LogP) is 3.91. The number of benzene rings is 2. The zero-order chi connectivity index (χ0) is 15.0. The van der Waals surface area contributed by atoms with E-state index in [1.165, 1.54) is 12.1 Å². The number of rotatable bonds is 2. The molecule has 1 heterocycles. The van der Waals surface area contributed by atoms with Crippen molar-refractivity contribution in [3.8, 4) is 22.4 Å². The largest absolute Gasteiger partial charge is 0.382 e. The summed E-state index contributed by atoms with van der Waals surface area (Å²) in [5, 5.41) is 6.54. The van der Waals surface area contributed by atoms with Gasteiger partial charge >= 0.3 is 0 Å². The Morgan fingerprint density at radius 3 is 2.43 bits per heavy atom. The Balaban J connectivity index is 2.30. The van der Waals surface area contributed by atoms with Gasteiger partial charge in [0.1, 0.15) is 11.6 Å².